The number of aliphatic carboxylic acids is 1. The van der Waals surface area contributed by atoms with Crippen LogP contribution in [0.2, 0.25) is 0 Å². The Morgan fingerprint density at radius 2 is 2.13 bits per heavy atom. The van der Waals surface area contributed by atoms with E-state index in [1.54, 1.807) is 12.1 Å². The van der Waals surface area contributed by atoms with Gasteiger partial charge in [-0.15, -0.1) is 5.10 Å². The average Bonchev–Trinajstić information content (AvgIpc) is 2.92. The van der Waals surface area contributed by atoms with Crippen molar-refractivity contribution in [3.63, 3.8) is 0 Å². The fraction of sp³-hybridized carbons (Fsp3) is 0.333. The standard InChI is InChI=1S/C15H17FN4O3/c1-9(2)14-18-13(15(23)17-7-6-12(21)22)19-20(14)11-5-3-4-10(16)8-11/h3-5,8-9H,6-7H2,1-2H3,(H,17,23)(H,21,22). The van der Waals surface area contributed by atoms with Crippen LogP contribution < -0.4 is 5.32 Å². The van der Waals surface area contributed by atoms with Gasteiger partial charge in [0.25, 0.3) is 5.91 Å². The van der Waals surface area contributed by atoms with Gasteiger partial charge in [-0.25, -0.2) is 14.1 Å². The Morgan fingerprint density at radius 1 is 1.39 bits per heavy atom. The molecule has 0 saturated carbocycles. The van der Waals surface area contributed by atoms with E-state index in [1.165, 1.54) is 16.8 Å². The number of carboxylic acids is 1. The number of aromatic nitrogens is 3. The third-order valence-electron chi connectivity index (χ3n) is 3.03. The van der Waals surface area contributed by atoms with Gasteiger partial charge in [0.15, 0.2) is 0 Å². The minimum absolute atomic E-state index is 0.0142. The minimum Gasteiger partial charge on any atom is -0.481 e. The lowest BCUT2D eigenvalue weighted by Gasteiger charge is -2.07. The number of nitrogens with one attached hydrogen (secondary N) is 1. The zero-order chi connectivity index (χ0) is 17.0. The lowest BCUT2D eigenvalue weighted by atomic mass is 10.2. The first-order valence-electron chi connectivity index (χ1n) is 7.11. The maximum Gasteiger partial charge on any atom is 0.305 e. The molecule has 122 valence electrons. The summed E-state index contributed by atoms with van der Waals surface area (Å²) < 4.78 is 14.8. The molecule has 0 aliphatic heterocycles. The molecular weight excluding hydrogens is 303 g/mol. The van der Waals surface area contributed by atoms with E-state index in [0.29, 0.717) is 11.5 Å². The maximum absolute atomic E-state index is 13.4. The molecule has 0 aliphatic carbocycles. The number of benzene rings is 1. The van der Waals surface area contributed by atoms with Crippen molar-refractivity contribution >= 4 is 11.9 Å². The molecule has 0 atom stereocenters. The predicted octanol–water partition coefficient (Wildman–Crippen LogP) is 1.73. The highest BCUT2D eigenvalue weighted by atomic mass is 19.1. The van der Waals surface area contributed by atoms with Crippen LogP contribution in [0.4, 0.5) is 4.39 Å². The Balaban J connectivity index is 2.28. The van der Waals surface area contributed by atoms with Crippen molar-refractivity contribution < 1.29 is 19.1 Å². The summed E-state index contributed by atoms with van der Waals surface area (Å²) in [6, 6.07) is 5.82. The van der Waals surface area contributed by atoms with Crippen molar-refractivity contribution in [3.05, 3.63) is 41.7 Å². The highest BCUT2D eigenvalue weighted by Crippen LogP contribution is 2.18. The highest BCUT2D eigenvalue weighted by molar-refractivity contribution is 5.90. The minimum atomic E-state index is -1.01. The number of hydrogen-bond donors (Lipinski definition) is 2. The molecule has 0 aliphatic rings. The fourth-order valence-electron chi connectivity index (χ4n) is 1.95. The summed E-state index contributed by atoms with van der Waals surface area (Å²) in [5, 5.41) is 15.1. The first kappa shape index (κ1) is 16.6. The molecule has 0 saturated heterocycles. The average molecular weight is 320 g/mol. The number of halogens is 1. The van der Waals surface area contributed by atoms with E-state index in [0.717, 1.165) is 0 Å². The quantitative estimate of drug-likeness (QED) is 0.845. The topological polar surface area (TPSA) is 97.1 Å². The summed E-state index contributed by atoms with van der Waals surface area (Å²) in [7, 11) is 0. The lowest BCUT2D eigenvalue weighted by molar-refractivity contribution is -0.136. The summed E-state index contributed by atoms with van der Waals surface area (Å²) in [4.78, 5) is 26.6. The van der Waals surface area contributed by atoms with Crippen LogP contribution in [-0.4, -0.2) is 38.3 Å². The van der Waals surface area contributed by atoms with Crippen molar-refractivity contribution in [2.24, 2.45) is 0 Å². The Kier molecular flexibility index (Phi) is 5.05. The van der Waals surface area contributed by atoms with E-state index >= 15 is 0 Å². The van der Waals surface area contributed by atoms with Crippen LogP contribution in [0.3, 0.4) is 0 Å². The second-order valence-corrected chi connectivity index (χ2v) is 5.24. The van der Waals surface area contributed by atoms with Gasteiger partial charge in [-0.3, -0.25) is 9.59 Å². The van der Waals surface area contributed by atoms with Gasteiger partial charge in [-0.05, 0) is 18.2 Å². The molecule has 1 heterocycles. The van der Waals surface area contributed by atoms with E-state index < -0.39 is 17.7 Å². The Bertz CT molecular complexity index is 727. The van der Waals surface area contributed by atoms with E-state index in [9.17, 15) is 14.0 Å². The van der Waals surface area contributed by atoms with Crippen molar-refractivity contribution in [3.8, 4) is 5.69 Å². The molecule has 2 aromatic rings. The molecule has 0 fully saturated rings. The normalized spacial score (nSPS) is 10.8. The summed E-state index contributed by atoms with van der Waals surface area (Å²) >= 11 is 0. The van der Waals surface area contributed by atoms with Gasteiger partial charge in [0.1, 0.15) is 11.6 Å². The van der Waals surface area contributed by atoms with E-state index in [1.807, 2.05) is 13.8 Å². The molecule has 0 spiro atoms. The smallest absolute Gasteiger partial charge is 0.305 e. The van der Waals surface area contributed by atoms with Crippen LogP contribution in [0.25, 0.3) is 5.69 Å². The lowest BCUT2D eigenvalue weighted by Crippen LogP contribution is -2.27. The second kappa shape index (κ2) is 6.99. The van der Waals surface area contributed by atoms with Crippen molar-refractivity contribution in [2.45, 2.75) is 26.2 Å². The molecule has 0 radical (unpaired) electrons. The molecule has 8 heteroatoms. The summed E-state index contributed by atoms with van der Waals surface area (Å²) in [6.07, 6.45) is -0.187. The van der Waals surface area contributed by atoms with Gasteiger partial charge in [-0.2, -0.15) is 0 Å². The Labute approximate surface area is 132 Å². The highest BCUT2D eigenvalue weighted by Gasteiger charge is 2.19. The van der Waals surface area contributed by atoms with Gasteiger partial charge in [-0.1, -0.05) is 19.9 Å². The van der Waals surface area contributed by atoms with Gasteiger partial charge < -0.3 is 10.4 Å². The molecule has 0 unspecified atom stereocenters. The number of nitrogens with zero attached hydrogens (tertiary/aromatic N) is 3. The number of carbonyl (C=O) groups excluding carboxylic acids is 1. The zero-order valence-corrected chi connectivity index (χ0v) is 12.8. The van der Waals surface area contributed by atoms with E-state index in [-0.39, 0.29) is 24.7 Å². The van der Waals surface area contributed by atoms with E-state index in [2.05, 4.69) is 15.4 Å². The van der Waals surface area contributed by atoms with E-state index in [4.69, 9.17) is 5.11 Å². The van der Waals surface area contributed by atoms with Gasteiger partial charge in [0.05, 0.1) is 12.1 Å². The first-order valence-corrected chi connectivity index (χ1v) is 7.11. The summed E-state index contributed by atoms with van der Waals surface area (Å²) in [6.45, 7) is 3.75. The molecule has 1 amide bonds. The summed E-state index contributed by atoms with van der Waals surface area (Å²) in [5.41, 5.74) is 0.464. The Hall–Kier alpha value is -2.77. The number of amides is 1. The maximum atomic E-state index is 13.4. The van der Waals surface area contributed by atoms with Gasteiger partial charge >= 0.3 is 5.97 Å². The molecule has 1 aromatic heterocycles. The van der Waals surface area contributed by atoms with Crippen molar-refractivity contribution in [1.82, 2.24) is 20.1 Å². The van der Waals surface area contributed by atoms with Crippen molar-refractivity contribution in [1.29, 1.82) is 0 Å². The molecule has 2 rings (SSSR count). The van der Waals surface area contributed by atoms with Gasteiger partial charge in [0, 0.05) is 12.5 Å². The third-order valence-corrected chi connectivity index (χ3v) is 3.03. The monoisotopic (exact) mass is 320 g/mol. The first-order chi connectivity index (χ1) is 10.9. The van der Waals surface area contributed by atoms with Gasteiger partial charge in [0.2, 0.25) is 5.82 Å². The number of hydrogen-bond acceptors (Lipinski definition) is 4. The van der Waals surface area contributed by atoms with Crippen LogP contribution >= 0.6 is 0 Å². The largest absolute Gasteiger partial charge is 0.481 e. The molecule has 7 nitrogen and oxygen atoms in total. The third kappa shape index (κ3) is 4.12. The SMILES string of the molecule is CC(C)c1nc(C(=O)NCCC(=O)O)nn1-c1cccc(F)c1. The fourth-order valence-corrected chi connectivity index (χ4v) is 1.95. The summed E-state index contributed by atoms with van der Waals surface area (Å²) in [5.74, 6) is -1.59. The number of carbonyl (C=O) groups is 2. The predicted molar refractivity (Wildman–Crippen MR) is 80.0 cm³/mol. The number of carboxylic acid groups (broad SMARTS) is 1. The van der Waals surface area contributed by atoms with Crippen LogP contribution in [0.15, 0.2) is 24.3 Å². The number of rotatable bonds is 6. The molecule has 1 aromatic carbocycles. The van der Waals surface area contributed by atoms with Crippen LogP contribution in [0.1, 0.15) is 42.6 Å². The molecule has 23 heavy (non-hydrogen) atoms. The van der Waals surface area contributed by atoms with Crippen LogP contribution in [0, 0.1) is 5.82 Å². The van der Waals surface area contributed by atoms with Crippen LogP contribution in [-0.2, 0) is 4.79 Å². The van der Waals surface area contributed by atoms with Crippen molar-refractivity contribution in [2.75, 3.05) is 6.54 Å². The zero-order valence-electron chi connectivity index (χ0n) is 12.8. The second-order valence-electron chi connectivity index (χ2n) is 5.24. The molecular formula is C15H17FN4O3. The van der Waals surface area contributed by atoms with Crippen LogP contribution in [0.5, 0.6) is 0 Å². The molecule has 2 N–H and O–H groups in total. The molecule has 0 bridgehead atoms. The Morgan fingerprint density at radius 3 is 2.74 bits per heavy atom.